The Hall–Kier alpha value is -1.36. The van der Waals surface area contributed by atoms with E-state index in [0.717, 1.165) is 43.4 Å². The number of aldehydes is 1. The van der Waals surface area contributed by atoms with E-state index < -0.39 is 5.97 Å². The van der Waals surface area contributed by atoms with Crippen LogP contribution in [-0.4, -0.2) is 17.4 Å². The number of ether oxygens (including phenoxy) is 1. The van der Waals surface area contributed by atoms with Crippen molar-refractivity contribution in [3.8, 4) is 0 Å². The Bertz CT molecular complexity index is 812. The molecule has 0 saturated heterocycles. The largest absolute Gasteiger partial charge is 0.430 e. The van der Waals surface area contributed by atoms with Crippen molar-refractivity contribution in [3.63, 3.8) is 0 Å². The summed E-state index contributed by atoms with van der Waals surface area (Å²) < 4.78 is 5.60. The quantitative estimate of drug-likeness (QED) is 0.229. The topological polar surface area (TPSA) is 60.4 Å². The van der Waals surface area contributed by atoms with Crippen LogP contribution in [0.15, 0.2) is 23.0 Å². The summed E-state index contributed by atoms with van der Waals surface area (Å²) >= 11 is 4.22. The van der Waals surface area contributed by atoms with Crippen molar-refractivity contribution in [1.29, 1.82) is 0 Å². The summed E-state index contributed by atoms with van der Waals surface area (Å²) in [6.07, 6.45) is 9.80. The lowest BCUT2D eigenvalue weighted by Crippen LogP contribution is -2.51. The van der Waals surface area contributed by atoms with Crippen LogP contribution in [0.25, 0.3) is 0 Å². The minimum Gasteiger partial charge on any atom is -0.430 e. The highest BCUT2D eigenvalue weighted by molar-refractivity contribution is 7.96. The molecule has 0 aromatic carbocycles. The van der Waals surface area contributed by atoms with Crippen molar-refractivity contribution < 1.29 is 19.1 Å². The number of esters is 1. The first-order valence-corrected chi connectivity index (χ1v) is 11.4. The van der Waals surface area contributed by atoms with Gasteiger partial charge >= 0.3 is 5.97 Å². The van der Waals surface area contributed by atoms with E-state index in [1.165, 1.54) is 12.0 Å². The maximum atomic E-state index is 12.2. The van der Waals surface area contributed by atoms with E-state index in [4.69, 9.17) is 4.74 Å². The summed E-state index contributed by atoms with van der Waals surface area (Å²) in [5.74, 6) is 2.01. The molecule has 0 heterocycles. The predicted molar refractivity (Wildman–Crippen MR) is 114 cm³/mol. The molecule has 5 heteroatoms. The van der Waals surface area contributed by atoms with Crippen molar-refractivity contribution in [2.24, 2.45) is 34.5 Å². The Morgan fingerprint density at radius 2 is 1.97 bits per heavy atom. The molecule has 4 rings (SSSR count). The minimum atomic E-state index is -0.468. The number of fused-ring (bicyclic) bond motifs is 5. The average molecular weight is 417 g/mol. The van der Waals surface area contributed by atoms with Gasteiger partial charge < -0.3 is 9.53 Å². The molecule has 4 nitrogen and oxygen atoms in total. The zero-order valence-electron chi connectivity index (χ0n) is 17.7. The normalized spacial score (nSPS) is 41.0. The zero-order valence-corrected chi connectivity index (χ0v) is 18.6. The number of hydrogen-bond acceptors (Lipinski definition) is 4. The second kappa shape index (κ2) is 7.40. The van der Waals surface area contributed by atoms with Gasteiger partial charge in [0.05, 0.1) is 0 Å². The highest BCUT2D eigenvalue weighted by Gasteiger charge is 2.60. The lowest BCUT2D eigenvalue weighted by Gasteiger charge is -2.58. The van der Waals surface area contributed by atoms with Crippen LogP contribution >= 0.6 is 12.6 Å². The smallest absolute Gasteiger partial charge is 0.318 e. The fraction of sp³-hybridized carbons (Fsp3) is 0.708. The molecule has 0 aromatic rings. The molecule has 0 amide bonds. The van der Waals surface area contributed by atoms with Crippen LogP contribution in [-0.2, 0) is 19.1 Å². The van der Waals surface area contributed by atoms with Crippen LogP contribution in [0.5, 0.6) is 0 Å². The first-order chi connectivity index (χ1) is 13.7. The monoisotopic (exact) mass is 416 g/mol. The number of carbonyl (C=O) groups excluding carboxylic acids is 3. The van der Waals surface area contributed by atoms with Crippen molar-refractivity contribution >= 4 is 30.0 Å². The van der Waals surface area contributed by atoms with Crippen molar-refractivity contribution in [2.45, 2.75) is 72.1 Å². The molecule has 4 aliphatic carbocycles. The van der Waals surface area contributed by atoms with Crippen LogP contribution in [0.3, 0.4) is 0 Å². The van der Waals surface area contributed by atoms with Gasteiger partial charge in [-0.15, -0.1) is 12.6 Å². The van der Waals surface area contributed by atoms with E-state index >= 15 is 0 Å². The Labute approximate surface area is 178 Å². The van der Waals surface area contributed by atoms with E-state index in [9.17, 15) is 14.4 Å². The zero-order chi connectivity index (χ0) is 21.0. The predicted octanol–water partition coefficient (Wildman–Crippen LogP) is 5.04. The SMILES string of the molecule is CC1=C(OC(=O)CC=O)CC=C2CC[C@@H]3[C@H](CC[C@]4(C)[C@@H](C(=O)S)CC[C@@H]34)[C@]21C. The summed E-state index contributed by atoms with van der Waals surface area (Å²) in [6.45, 7) is 6.77. The Balaban J connectivity index is 1.66. The number of allylic oxidation sites excluding steroid dienone is 3. The Morgan fingerprint density at radius 1 is 1.21 bits per heavy atom. The lowest BCUT2D eigenvalue weighted by atomic mass is 9.46. The molecule has 0 aromatic heterocycles. The van der Waals surface area contributed by atoms with Crippen LogP contribution < -0.4 is 0 Å². The minimum absolute atomic E-state index is 0.0641. The van der Waals surface area contributed by atoms with Crippen LogP contribution in [0.4, 0.5) is 0 Å². The van der Waals surface area contributed by atoms with Crippen molar-refractivity contribution in [3.05, 3.63) is 23.0 Å². The van der Waals surface area contributed by atoms with Crippen LogP contribution in [0, 0.1) is 34.5 Å². The molecule has 6 atom stereocenters. The van der Waals surface area contributed by atoms with E-state index in [1.54, 1.807) is 0 Å². The second-order valence-electron chi connectivity index (χ2n) is 9.96. The number of thiol groups is 1. The standard InChI is InChI=1S/C24H32O4S/c1-14-20(28-21(26)11-13-25)9-5-15-4-6-16-17-7-8-19(22(27)29)23(17,2)12-10-18(16)24(14,15)3/h5,13,16-19H,4,6-12H2,1-3H3,(H,27,29)/t16-,17-,18-,19+,23-,24-/m0/s1. The van der Waals surface area contributed by atoms with Gasteiger partial charge in [-0.2, -0.15) is 0 Å². The highest BCUT2D eigenvalue weighted by atomic mass is 32.1. The van der Waals surface area contributed by atoms with E-state index in [2.05, 4.69) is 39.5 Å². The van der Waals surface area contributed by atoms with Gasteiger partial charge in [0, 0.05) is 17.8 Å². The Morgan fingerprint density at radius 3 is 2.66 bits per heavy atom. The third-order valence-electron chi connectivity index (χ3n) is 9.11. The molecule has 29 heavy (non-hydrogen) atoms. The van der Waals surface area contributed by atoms with E-state index in [-0.39, 0.29) is 28.3 Å². The number of hydrogen-bond donors (Lipinski definition) is 1. The maximum Gasteiger partial charge on any atom is 0.318 e. The van der Waals surface area contributed by atoms with Gasteiger partial charge in [0.2, 0.25) is 0 Å². The third-order valence-corrected chi connectivity index (χ3v) is 9.42. The molecule has 0 unspecified atom stereocenters. The molecule has 0 radical (unpaired) electrons. The molecule has 4 aliphatic rings. The fourth-order valence-corrected chi connectivity index (χ4v) is 7.91. The Kier molecular flexibility index (Phi) is 5.33. The molecule has 3 fully saturated rings. The molecular formula is C24H32O4S. The van der Waals surface area contributed by atoms with Crippen LogP contribution in [0.1, 0.15) is 72.1 Å². The van der Waals surface area contributed by atoms with Gasteiger partial charge in [0.25, 0.3) is 0 Å². The van der Waals surface area contributed by atoms with Crippen molar-refractivity contribution in [1.82, 2.24) is 0 Å². The van der Waals surface area contributed by atoms with Gasteiger partial charge in [-0.1, -0.05) is 25.5 Å². The number of carbonyl (C=O) groups is 3. The van der Waals surface area contributed by atoms with Crippen molar-refractivity contribution in [2.75, 3.05) is 0 Å². The summed E-state index contributed by atoms with van der Waals surface area (Å²) in [5.41, 5.74) is 2.62. The summed E-state index contributed by atoms with van der Waals surface area (Å²) in [6, 6.07) is 0. The molecule has 158 valence electrons. The number of rotatable bonds is 4. The first-order valence-electron chi connectivity index (χ1n) is 11.0. The molecule has 0 spiro atoms. The van der Waals surface area contributed by atoms with Gasteiger partial charge in [0.1, 0.15) is 18.5 Å². The van der Waals surface area contributed by atoms with Gasteiger partial charge in [-0.05, 0) is 74.2 Å². The highest BCUT2D eigenvalue weighted by Crippen LogP contribution is 2.67. The third kappa shape index (κ3) is 3.07. The fourth-order valence-electron chi connectivity index (χ4n) is 7.49. The molecular weight excluding hydrogens is 384 g/mol. The van der Waals surface area contributed by atoms with E-state index in [1.807, 2.05) is 0 Å². The molecule has 0 N–H and O–H groups in total. The van der Waals surface area contributed by atoms with Crippen LogP contribution in [0.2, 0.25) is 0 Å². The molecule has 3 saturated carbocycles. The van der Waals surface area contributed by atoms with Gasteiger partial charge in [-0.3, -0.25) is 9.59 Å². The second-order valence-corrected chi connectivity index (χ2v) is 10.4. The van der Waals surface area contributed by atoms with E-state index in [0.29, 0.717) is 30.5 Å². The van der Waals surface area contributed by atoms with Gasteiger partial charge in [-0.25, -0.2) is 0 Å². The summed E-state index contributed by atoms with van der Waals surface area (Å²) in [5, 5.41) is 0.0641. The molecule has 0 bridgehead atoms. The summed E-state index contributed by atoms with van der Waals surface area (Å²) in [4.78, 5) is 34.8. The van der Waals surface area contributed by atoms with Gasteiger partial charge in [0.15, 0.2) is 5.12 Å². The average Bonchev–Trinajstić information content (AvgIpc) is 3.02. The first kappa shape index (κ1) is 20.9. The maximum absolute atomic E-state index is 12.2. The molecule has 0 aliphatic heterocycles. The summed E-state index contributed by atoms with van der Waals surface area (Å²) in [7, 11) is 0. The lowest BCUT2D eigenvalue weighted by molar-refractivity contribution is -0.141.